The predicted octanol–water partition coefficient (Wildman–Crippen LogP) is -0.626. The number of amides is 1. The number of aliphatic hydroxyl groups excluding tert-OH is 2. The zero-order valence-electron chi connectivity index (χ0n) is 10.4. The molecule has 18 heavy (non-hydrogen) atoms. The van der Waals surface area contributed by atoms with Crippen molar-refractivity contribution in [3.05, 3.63) is 17.7 Å². The SMILES string of the molecule is CC(CO)(CO)NC(=O)C1CCc2nc[nH]c2C1. The van der Waals surface area contributed by atoms with Gasteiger partial charge in [-0.15, -0.1) is 0 Å². The van der Waals surface area contributed by atoms with Crippen molar-refractivity contribution in [2.45, 2.75) is 31.7 Å². The van der Waals surface area contributed by atoms with Gasteiger partial charge in [-0.05, 0) is 19.8 Å². The lowest BCUT2D eigenvalue weighted by Gasteiger charge is -2.29. The van der Waals surface area contributed by atoms with Gasteiger partial charge in [0.25, 0.3) is 0 Å². The van der Waals surface area contributed by atoms with Crippen LogP contribution in [0.1, 0.15) is 24.7 Å². The maximum Gasteiger partial charge on any atom is 0.224 e. The zero-order valence-corrected chi connectivity index (χ0v) is 10.4. The molecule has 100 valence electrons. The van der Waals surface area contributed by atoms with E-state index in [1.165, 1.54) is 0 Å². The molecule has 1 amide bonds. The molecule has 0 saturated carbocycles. The quantitative estimate of drug-likeness (QED) is 0.574. The molecule has 6 heteroatoms. The second-order valence-electron chi connectivity index (χ2n) is 5.13. The minimum Gasteiger partial charge on any atom is -0.394 e. The Hall–Kier alpha value is -1.40. The van der Waals surface area contributed by atoms with Crippen molar-refractivity contribution < 1.29 is 15.0 Å². The van der Waals surface area contributed by atoms with Gasteiger partial charge in [0, 0.05) is 18.0 Å². The van der Waals surface area contributed by atoms with Crippen molar-refractivity contribution in [2.75, 3.05) is 13.2 Å². The summed E-state index contributed by atoms with van der Waals surface area (Å²) in [6.07, 6.45) is 3.81. The molecular formula is C12H19N3O3. The number of imidazole rings is 1. The second-order valence-corrected chi connectivity index (χ2v) is 5.13. The Kier molecular flexibility index (Phi) is 3.68. The van der Waals surface area contributed by atoms with Crippen molar-refractivity contribution >= 4 is 5.91 Å². The second kappa shape index (κ2) is 5.07. The predicted molar refractivity (Wildman–Crippen MR) is 64.8 cm³/mol. The average molecular weight is 253 g/mol. The van der Waals surface area contributed by atoms with Crippen LogP contribution in [-0.2, 0) is 17.6 Å². The first-order valence-electron chi connectivity index (χ1n) is 6.13. The Labute approximate surface area is 105 Å². The number of aliphatic hydroxyl groups is 2. The Bertz CT molecular complexity index is 426. The largest absolute Gasteiger partial charge is 0.394 e. The van der Waals surface area contributed by atoms with Crippen LogP contribution in [0.2, 0.25) is 0 Å². The van der Waals surface area contributed by atoms with Crippen LogP contribution in [0.15, 0.2) is 6.33 Å². The number of nitrogens with one attached hydrogen (secondary N) is 2. The summed E-state index contributed by atoms with van der Waals surface area (Å²) in [6, 6.07) is 0. The zero-order chi connectivity index (χ0) is 13.2. The van der Waals surface area contributed by atoms with E-state index in [0.717, 1.165) is 24.2 Å². The maximum absolute atomic E-state index is 12.1. The van der Waals surface area contributed by atoms with Crippen LogP contribution >= 0.6 is 0 Å². The smallest absolute Gasteiger partial charge is 0.224 e. The molecule has 0 aromatic carbocycles. The number of aryl methyl sites for hydroxylation is 1. The number of rotatable bonds is 4. The molecule has 0 saturated heterocycles. The molecule has 0 spiro atoms. The van der Waals surface area contributed by atoms with Gasteiger partial charge in [-0.3, -0.25) is 4.79 Å². The standard InChI is InChI=1S/C12H19N3O3/c1-12(5-16,6-17)15-11(18)8-2-3-9-10(4-8)14-7-13-9/h7-8,16-17H,2-6H2,1H3,(H,13,14)(H,15,18). The van der Waals surface area contributed by atoms with Crippen LogP contribution < -0.4 is 5.32 Å². The average Bonchev–Trinajstić information content (AvgIpc) is 2.85. The maximum atomic E-state index is 12.1. The van der Waals surface area contributed by atoms with Crippen LogP contribution in [0.4, 0.5) is 0 Å². The molecule has 2 rings (SSSR count). The number of carbonyl (C=O) groups is 1. The number of carbonyl (C=O) groups excluding carboxylic acids is 1. The Morgan fingerprint density at radius 3 is 3.00 bits per heavy atom. The molecule has 0 aliphatic heterocycles. The number of hydrogen-bond acceptors (Lipinski definition) is 4. The highest BCUT2D eigenvalue weighted by Crippen LogP contribution is 2.23. The van der Waals surface area contributed by atoms with E-state index in [0.29, 0.717) is 6.42 Å². The van der Waals surface area contributed by atoms with E-state index in [2.05, 4.69) is 15.3 Å². The van der Waals surface area contributed by atoms with Gasteiger partial charge in [0.05, 0.1) is 30.8 Å². The first-order chi connectivity index (χ1) is 8.58. The Balaban J connectivity index is 1.99. The summed E-state index contributed by atoms with van der Waals surface area (Å²) in [4.78, 5) is 19.3. The van der Waals surface area contributed by atoms with Crippen molar-refractivity contribution in [2.24, 2.45) is 5.92 Å². The van der Waals surface area contributed by atoms with Gasteiger partial charge in [0.15, 0.2) is 0 Å². The third-order valence-corrected chi connectivity index (χ3v) is 3.48. The number of hydrogen-bond donors (Lipinski definition) is 4. The Morgan fingerprint density at radius 1 is 1.61 bits per heavy atom. The van der Waals surface area contributed by atoms with Crippen LogP contribution in [0.3, 0.4) is 0 Å². The summed E-state index contributed by atoms with van der Waals surface area (Å²) in [7, 11) is 0. The van der Waals surface area contributed by atoms with Gasteiger partial charge in [-0.1, -0.05) is 0 Å². The van der Waals surface area contributed by atoms with Gasteiger partial charge in [0.1, 0.15) is 0 Å². The molecule has 1 atom stereocenters. The van der Waals surface area contributed by atoms with E-state index < -0.39 is 5.54 Å². The highest BCUT2D eigenvalue weighted by Gasteiger charge is 2.31. The van der Waals surface area contributed by atoms with Crippen LogP contribution in [0.25, 0.3) is 0 Å². The normalized spacial score (nSPS) is 19.4. The molecule has 1 aliphatic rings. The molecule has 4 N–H and O–H groups in total. The van der Waals surface area contributed by atoms with Gasteiger partial charge >= 0.3 is 0 Å². The van der Waals surface area contributed by atoms with Crippen molar-refractivity contribution in [1.82, 2.24) is 15.3 Å². The summed E-state index contributed by atoms with van der Waals surface area (Å²) in [5, 5.41) is 21.0. The van der Waals surface area contributed by atoms with Crippen LogP contribution in [-0.4, -0.2) is 44.8 Å². The van der Waals surface area contributed by atoms with Crippen molar-refractivity contribution in [3.8, 4) is 0 Å². The molecule has 0 fully saturated rings. The minimum atomic E-state index is -0.953. The molecule has 1 unspecified atom stereocenters. The summed E-state index contributed by atoms with van der Waals surface area (Å²) in [6.45, 7) is 1.06. The fourth-order valence-corrected chi connectivity index (χ4v) is 2.15. The summed E-state index contributed by atoms with van der Waals surface area (Å²) in [5.41, 5.74) is 1.09. The van der Waals surface area contributed by atoms with Crippen molar-refractivity contribution in [1.29, 1.82) is 0 Å². The summed E-state index contributed by atoms with van der Waals surface area (Å²) in [5.74, 6) is -0.253. The molecule has 0 bridgehead atoms. The molecule has 6 nitrogen and oxygen atoms in total. The van der Waals surface area contributed by atoms with E-state index in [-0.39, 0.29) is 25.0 Å². The number of aromatic nitrogens is 2. The highest BCUT2D eigenvalue weighted by atomic mass is 16.3. The topological polar surface area (TPSA) is 98.2 Å². The fourth-order valence-electron chi connectivity index (χ4n) is 2.15. The van der Waals surface area contributed by atoms with E-state index in [1.807, 2.05) is 0 Å². The van der Waals surface area contributed by atoms with Gasteiger partial charge in [-0.25, -0.2) is 4.98 Å². The van der Waals surface area contributed by atoms with E-state index in [4.69, 9.17) is 10.2 Å². The third kappa shape index (κ3) is 2.54. The molecule has 1 aromatic rings. The lowest BCUT2D eigenvalue weighted by molar-refractivity contribution is -0.128. The molecule has 0 radical (unpaired) electrons. The molecule has 1 aromatic heterocycles. The first-order valence-corrected chi connectivity index (χ1v) is 6.13. The van der Waals surface area contributed by atoms with E-state index in [1.54, 1.807) is 13.3 Å². The summed E-state index contributed by atoms with van der Waals surface area (Å²) < 4.78 is 0. The van der Waals surface area contributed by atoms with E-state index in [9.17, 15) is 4.79 Å². The van der Waals surface area contributed by atoms with Gasteiger partial charge < -0.3 is 20.5 Å². The van der Waals surface area contributed by atoms with E-state index >= 15 is 0 Å². The fraction of sp³-hybridized carbons (Fsp3) is 0.667. The third-order valence-electron chi connectivity index (χ3n) is 3.48. The van der Waals surface area contributed by atoms with Crippen LogP contribution in [0, 0.1) is 5.92 Å². The lowest BCUT2D eigenvalue weighted by atomic mass is 9.88. The Morgan fingerprint density at radius 2 is 2.33 bits per heavy atom. The first kappa shape index (κ1) is 13.0. The lowest BCUT2D eigenvalue weighted by Crippen LogP contribution is -2.54. The highest BCUT2D eigenvalue weighted by molar-refractivity contribution is 5.80. The molecule has 1 aliphatic carbocycles. The monoisotopic (exact) mass is 253 g/mol. The van der Waals surface area contributed by atoms with Crippen molar-refractivity contribution in [3.63, 3.8) is 0 Å². The number of H-pyrrole nitrogens is 1. The molecule has 1 heterocycles. The molecular weight excluding hydrogens is 234 g/mol. The summed E-state index contributed by atoms with van der Waals surface area (Å²) >= 11 is 0. The number of aromatic amines is 1. The van der Waals surface area contributed by atoms with Gasteiger partial charge in [-0.2, -0.15) is 0 Å². The van der Waals surface area contributed by atoms with Gasteiger partial charge in [0.2, 0.25) is 5.91 Å². The minimum absolute atomic E-state index is 0.124. The number of fused-ring (bicyclic) bond motifs is 1. The van der Waals surface area contributed by atoms with Crippen LogP contribution in [0.5, 0.6) is 0 Å². The number of nitrogens with zero attached hydrogens (tertiary/aromatic N) is 1.